The molecule has 5 heterocycles. The van der Waals surface area contributed by atoms with Crippen molar-refractivity contribution in [3.8, 4) is 45.3 Å². The topological polar surface area (TPSA) is 148 Å². The normalized spacial score (nSPS) is 20.2. The number of pyridine rings is 3. The van der Waals surface area contributed by atoms with Crippen LogP contribution in [-0.4, -0.2) is 74.0 Å². The molecule has 4 N–H and O–H groups in total. The van der Waals surface area contributed by atoms with Crippen molar-refractivity contribution >= 4 is 34.8 Å². The Labute approximate surface area is 299 Å². The van der Waals surface area contributed by atoms with Crippen molar-refractivity contribution in [2.75, 3.05) is 20.8 Å². The molecule has 50 heavy (non-hydrogen) atoms. The summed E-state index contributed by atoms with van der Waals surface area (Å²) in [6.45, 7) is 3.52. The second-order valence-corrected chi connectivity index (χ2v) is 13.8. The Hall–Kier alpha value is -4.33. The molecule has 0 radical (unpaired) electrons. The van der Waals surface area contributed by atoms with Crippen LogP contribution in [-0.2, 0) is 17.9 Å². The second-order valence-electron chi connectivity index (χ2n) is 13.1. The van der Waals surface area contributed by atoms with Crippen LogP contribution in [0.4, 0.5) is 0 Å². The molecule has 0 bridgehead atoms. The van der Waals surface area contributed by atoms with E-state index < -0.39 is 5.60 Å². The molecular weight excluding hydrogens is 679 g/mol. The van der Waals surface area contributed by atoms with Gasteiger partial charge >= 0.3 is 0 Å². The largest absolute Gasteiger partial charge is 0.493 e. The first kappa shape index (κ1) is 34.1. The SMILES string of the molecule is COc1nc(-c2cccc(-c3ccnc(-c4cc(OC)c5nc(CNC6CC(C)(O)C6)nn5c4)c3Cl)c2Cl)ccc1CNCC1CCC(=O)N1. The molecule has 5 aromatic rings. The zero-order valence-electron chi connectivity index (χ0n) is 28.0. The van der Waals surface area contributed by atoms with E-state index >= 15 is 0 Å². The van der Waals surface area contributed by atoms with Crippen molar-refractivity contribution < 1.29 is 19.4 Å². The number of carbonyl (C=O) groups excluding carboxylic acids is 1. The highest BCUT2D eigenvalue weighted by Gasteiger charge is 2.38. The van der Waals surface area contributed by atoms with Crippen LogP contribution >= 0.6 is 23.2 Å². The van der Waals surface area contributed by atoms with Crippen molar-refractivity contribution in [2.45, 2.75) is 63.4 Å². The highest BCUT2D eigenvalue weighted by atomic mass is 35.5. The number of amides is 1. The van der Waals surface area contributed by atoms with Gasteiger partial charge in [-0.1, -0.05) is 47.5 Å². The van der Waals surface area contributed by atoms with Crippen LogP contribution < -0.4 is 25.4 Å². The Morgan fingerprint density at radius 3 is 2.58 bits per heavy atom. The number of nitrogens with one attached hydrogen (secondary N) is 3. The first-order chi connectivity index (χ1) is 24.1. The van der Waals surface area contributed by atoms with Gasteiger partial charge in [0.05, 0.1) is 47.8 Å². The minimum atomic E-state index is -0.611. The monoisotopic (exact) mass is 716 g/mol. The van der Waals surface area contributed by atoms with Gasteiger partial charge in [0.15, 0.2) is 17.2 Å². The molecule has 4 aromatic heterocycles. The lowest BCUT2D eigenvalue weighted by Gasteiger charge is -2.41. The number of halogens is 2. The minimum absolute atomic E-state index is 0.0942. The molecule has 2 aliphatic rings. The van der Waals surface area contributed by atoms with Crippen LogP contribution in [0.15, 0.2) is 54.9 Å². The summed E-state index contributed by atoms with van der Waals surface area (Å²) in [4.78, 5) is 25.6. The van der Waals surface area contributed by atoms with Crippen LogP contribution in [0, 0.1) is 0 Å². The van der Waals surface area contributed by atoms with Crippen LogP contribution in [0.2, 0.25) is 10.0 Å². The maximum atomic E-state index is 11.5. The third-order valence-corrected chi connectivity index (χ3v) is 10.0. The van der Waals surface area contributed by atoms with E-state index in [9.17, 15) is 9.90 Å². The summed E-state index contributed by atoms with van der Waals surface area (Å²) in [7, 11) is 3.18. The van der Waals surface area contributed by atoms with Gasteiger partial charge < -0.3 is 30.5 Å². The second kappa shape index (κ2) is 14.1. The van der Waals surface area contributed by atoms with E-state index in [0.29, 0.717) is 94.6 Å². The molecular formula is C36H38Cl2N8O4. The van der Waals surface area contributed by atoms with E-state index in [4.69, 9.17) is 37.7 Å². The Kier molecular flexibility index (Phi) is 9.64. The number of methoxy groups -OCH3 is 2. The summed E-state index contributed by atoms with van der Waals surface area (Å²) in [6, 6.07) is 13.7. The quantitative estimate of drug-likeness (QED) is 0.136. The maximum Gasteiger partial charge on any atom is 0.220 e. The van der Waals surface area contributed by atoms with Crippen molar-refractivity contribution in [3.63, 3.8) is 0 Å². The molecule has 1 unspecified atom stereocenters. The van der Waals surface area contributed by atoms with Crippen LogP contribution in [0.5, 0.6) is 11.6 Å². The van der Waals surface area contributed by atoms with Crippen LogP contribution in [0.25, 0.3) is 39.3 Å². The van der Waals surface area contributed by atoms with E-state index in [-0.39, 0.29) is 18.0 Å². The lowest BCUT2D eigenvalue weighted by molar-refractivity contribution is -0.119. The Morgan fingerprint density at radius 1 is 1.04 bits per heavy atom. The maximum absolute atomic E-state index is 11.5. The Bertz CT molecular complexity index is 2060. The van der Waals surface area contributed by atoms with E-state index in [1.807, 2.05) is 55.6 Å². The van der Waals surface area contributed by atoms with E-state index in [1.54, 1.807) is 24.9 Å². The number of nitrogens with zero attached hydrogens (tertiary/aromatic N) is 5. The summed E-state index contributed by atoms with van der Waals surface area (Å²) in [5.41, 5.74) is 4.89. The predicted molar refractivity (Wildman–Crippen MR) is 191 cm³/mol. The lowest BCUT2D eigenvalue weighted by atomic mass is 9.77. The third kappa shape index (κ3) is 6.99. The van der Waals surface area contributed by atoms with Gasteiger partial charge in [0, 0.05) is 71.8 Å². The average Bonchev–Trinajstić information content (AvgIpc) is 3.71. The molecule has 1 atom stereocenters. The standard InChI is InChI=1S/C36H38Cl2N8O4/c1-36(48)14-23(15-36)41-18-29-44-34-28(49-2)13-21(19-46(34)45-29)33-32(38)25(11-12-40-33)24-5-4-6-26(31(24)37)27-9-7-20(35(43-27)50-3)16-39-17-22-8-10-30(47)42-22/h4-7,9,11-13,19,22-23,39,41,48H,8,10,14-18H2,1-3H3,(H,42,47). The summed E-state index contributed by atoms with van der Waals surface area (Å²) < 4.78 is 13.0. The summed E-state index contributed by atoms with van der Waals surface area (Å²) in [6.07, 6.45) is 6.31. The van der Waals surface area contributed by atoms with E-state index in [2.05, 4.69) is 31.0 Å². The lowest BCUT2D eigenvalue weighted by Crippen LogP contribution is -2.51. The molecule has 260 valence electrons. The molecule has 1 amide bonds. The van der Waals surface area contributed by atoms with E-state index in [0.717, 1.165) is 23.1 Å². The highest BCUT2D eigenvalue weighted by molar-refractivity contribution is 6.39. The molecule has 1 aliphatic heterocycles. The molecule has 1 aromatic carbocycles. The van der Waals surface area contributed by atoms with Crippen molar-refractivity contribution in [1.29, 1.82) is 0 Å². The van der Waals surface area contributed by atoms with Gasteiger partial charge in [0.2, 0.25) is 11.8 Å². The Balaban J connectivity index is 1.14. The van der Waals surface area contributed by atoms with Crippen molar-refractivity contribution in [2.24, 2.45) is 0 Å². The Morgan fingerprint density at radius 2 is 1.84 bits per heavy atom. The van der Waals surface area contributed by atoms with E-state index in [1.165, 1.54) is 0 Å². The number of rotatable bonds is 12. The summed E-state index contributed by atoms with van der Waals surface area (Å²) in [5.74, 6) is 1.72. The number of carbonyl (C=O) groups is 1. The van der Waals surface area contributed by atoms with Crippen LogP contribution in [0.3, 0.4) is 0 Å². The van der Waals surface area contributed by atoms with Gasteiger partial charge in [-0.2, -0.15) is 0 Å². The number of benzene rings is 1. The van der Waals surface area contributed by atoms with Gasteiger partial charge in [0.1, 0.15) is 0 Å². The zero-order valence-corrected chi connectivity index (χ0v) is 29.5. The van der Waals surface area contributed by atoms with Gasteiger partial charge in [0.25, 0.3) is 0 Å². The smallest absolute Gasteiger partial charge is 0.220 e. The van der Waals surface area contributed by atoms with Gasteiger partial charge in [-0.3, -0.25) is 9.78 Å². The van der Waals surface area contributed by atoms with Gasteiger partial charge in [-0.15, -0.1) is 5.10 Å². The number of hydrogen-bond acceptors (Lipinski definition) is 10. The number of fused-ring (bicyclic) bond motifs is 1. The number of hydrogen-bond donors (Lipinski definition) is 4. The fraction of sp³-hybridized carbons (Fsp3) is 0.361. The zero-order chi connectivity index (χ0) is 35.0. The summed E-state index contributed by atoms with van der Waals surface area (Å²) >= 11 is 14.2. The average molecular weight is 718 g/mol. The molecule has 2 fully saturated rings. The minimum Gasteiger partial charge on any atom is -0.493 e. The first-order valence-corrected chi connectivity index (χ1v) is 17.2. The van der Waals surface area contributed by atoms with Gasteiger partial charge in [-0.25, -0.2) is 14.5 Å². The molecule has 14 heteroatoms. The fourth-order valence-corrected chi connectivity index (χ4v) is 7.32. The molecule has 12 nitrogen and oxygen atoms in total. The van der Waals surface area contributed by atoms with Crippen molar-refractivity contribution in [3.05, 3.63) is 76.3 Å². The van der Waals surface area contributed by atoms with Gasteiger partial charge in [-0.05, 0) is 44.4 Å². The predicted octanol–water partition coefficient (Wildman–Crippen LogP) is 5.22. The number of aliphatic hydroxyl groups is 1. The molecule has 7 rings (SSSR count). The fourth-order valence-electron chi connectivity index (χ4n) is 6.67. The third-order valence-electron chi connectivity index (χ3n) is 9.24. The summed E-state index contributed by atoms with van der Waals surface area (Å²) in [5, 5.41) is 25.4. The molecule has 1 aliphatic carbocycles. The first-order valence-electron chi connectivity index (χ1n) is 16.5. The van der Waals surface area contributed by atoms with Crippen LogP contribution in [0.1, 0.15) is 44.0 Å². The number of aromatic nitrogens is 5. The highest BCUT2D eigenvalue weighted by Crippen LogP contribution is 2.42. The molecule has 1 saturated heterocycles. The molecule has 1 saturated carbocycles. The molecule has 0 spiro atoms. The number of ether oxygens (including phenoxy) is 2. The van der Waals surface area contributed by atoms with Crippen molar-refractivity contribution in [1.82, 2.24) is 40.5 Å².